The van der Waals surface area contributed by atoms with Gasteiger partial charge in [-0.05, 0) is 31.2 Å². The summed E-state index contributed by atoms with van der Waals surface area (Å²) in [4.78, 5) is 27.9. The van der Waals surface area contributed by atoms with Gasteiger partial charge in [-0.2, -0.15) is 4.57 Å². The van der Waals surface area contributed by atoms with Crippen LogP contribution in [0.5, 0.6) is 0 Å². The van der Waals surface area contributed by atoms with Crippen LogP contribution in [0.25, 0.3) is 0 Å². The highest BCUT2D eigenvalue weighted by Crippen LogP contribution is 2.38. The maximum absolute atomic E-state index is 12.5. The lowest BCUT2D eigenvalue weighted by molar-refractivity contribution is -0.684. The van der Waals surface area contributed by atoms with Crippen LogP contribution in [0.4, 0.5) is 10.7 Å². The van der Waals surface area contributed by atoms with E-state index in [1.807, 2.05) is 48.1 Å². The molecule has 0 atom stereocenters. The van der Waals surface area contributed by atoms with Crippen LogP contribution >= 0.6 is 11.3 Å². The molecule has 0 unspecified atom stereocenters. The SMILES string of the molecule is COC(=O)c1c(NC(=O)C[n+]2ccc(N(C)C)cc2)sc2c1CCCC2. The predicted molar refractivity (Wildman–Crippen MR) is 102 cm³/mol. The average Bonchev–Trinajstić information content (AvgIpc) is 2.99. The van der Waals surface area contributed by atoms with E-state index in [0.29, 0.717) is 10.6 Å². The lowest BCUT2D eigenvalue weighted by Gasteiger charge is -2.11. The van der Waals surface area contributed by atoms with Crippen LogP contribution in [0.3, 0.4) is 0 Å². The third-order valence-electron chi connectivity index (χ3n) is 4.53. The van der Waals surface area contributed by atoms with E-state index in [2.05, 4.69) is 5.32 Å². The number of ether oxygens (including phenoxy) is 1. The van der Waals surface area contributed by atoms with Crippen molar-refractivity contribution >= 4 is 33.9 Å². The van der Waals surface area contributed by atoms with E-state index in [1.54, 1.807) is 0 Å². The fourth-order valence-corrected chi connectivity index (χ4v) is 4.45. The van der Waals surface area contributed by atoms with Crippen LogP contribution < -0.4 is 14.8 Å². The van der Waals surface area contributed by atoms with Crippen molar-refractivity contribution in [1.82, 2.24) is 0 Å². The number of hydrogen-bond acceptors (Lipinski definition) is 5. The third-order valence-corrected chi connectivity index (χ3v) is 5.74. The fraction of sp³-hybridized carbons (Fsp3) is 0.421. The van der Waals surface area contributed by atoms with Gasteiger partial charge in [0.15, 0.2) is 12.4 Å². The highest BCUT2D eigenvalue weighted by Gasteiger charge is 2.27. The normalized spacial score (nSPS) is 13.0. The lowest BCUT2D eigenvalue weighted by Crippen LogP contribution is -2.39. The molecule has 3 rings (SSSR count). The number of rotatable bonds is 5. The molecule has 0 aromatic carbocycles. The molecule has 0 fully saturated rings. The summed E-state index contributed by atoms with van der Waals surface area (Å²) < 4.78 is 6.76. The molecule has 0 saturated carbocycles. The summed E-state index contributed by atoms with van der Waals surface area (Å²) in [6.45, 7) is 0.191. The molecule has 0 radical (unpaired) electrons. The average molecular weight is 374 g/mol. The summed E-state index contributed by atoms with van der Waals surface area (Å²) in [6.07, 6.45) is 7.75. The van der Waals surface area contributed by atoms with Gasteiger partial charge in [0.05, 0.1) is 12.7 Å². The van der Waals surface area contributed by atoms with E-state index in [0.717, 1.165) is 36.9 Å². The molecule has 0 saturated heterocycles. The van der Waals surface area contributed by atoms with E-state index in [1.165, 1.54) is 23.3 Å². The van der Waals surface area contributed by atoms with Gasteiger partial charge in [0, 0.05) is 36.8 Å². The maximum atomic E-state index is 12.5. The number of pyridine rings is 1. The Labute approximate surface area is 157 Å². The molecule has 6 nitrogen and oxygen atoms in total. The van der Waals surface area contributed by atoms with Crippen molar-refractivity contribution in [2.24, 2.45) is 0 Å². The smallest absolute Gasteiger partial charge is 0.341 e. The second kappa shape index (κ2) is 7.86. The first-order valence-electron chi connectivity index (χ1n) is 8.68. The summed E-state index contributed by atoms with van der Waals surface area (Å²) in [5.41, 5.74) is 2.65. The zero-order valence-corrected chi connectivity index (χ0v) is 16.2. The molecule has 2 aromatic rings. The standard InChI is InChI=1S/C19H23N3O3S/c1-21(2)13-8-10-22(11-9-13)12-16(23)20-18-17(19(24)25-3)14-6-4-5-7-15(14)26-18/h8-11H,4-7,12H2,1-3H3/p+1. The van der Waals surface area contributed by atoms with E-state index in [4.69, 9.17) is 4.74 Å². The zero-order chi connectivity index (χ0) is 18.7. The zero-order valence-electron chi connectivity index (χ0n) is 15.4. The minimum absolute atomic E-state index is 0.156. The number of carbonyl (C=O) groups excluding carboxylic acids is 2. The Bertz CT molecular complexity index is 812. The number of anilines is 2. The van der Waals surface area contributed by atoms with Crippen molar-refractivity contribution in [3.63, 3.8) is 0 Å². The molecule has 1 amide bonds. The number of aromatic nitrogens is 1. The minimum atomic E-state index is -0.373. The van der Waals surface area contributed by atoms with Gasteiger partial charge >= 0.3 is 5.97 Å². The van der Waals surface area contributed by atoms with Crippen molar-refractivity contribution in [3.05, 3.63) is 40.5 Å². The van der Waals surface area contributed by atoms with E-state index in [-0.39, 0.29) is 18.4 Å². The highest BCUT2D eigenvalue weighted by molar-refractivity contribution is 7.17. The van der Waals surface area contributed by atoms with Crippen LogP contribution in [-0.2, 0) is 28.9 Å². The minimum Gasteiger partial charge on any atom is -0.465 e. The Kier molecular flexibility index (Phi) is 5.56. The quantitative estimate of drug-likeness (QED) is 0.645. The van der Waals surface area contributed by atoms with Gasteiger partial charge in [-0.25, -0.2) is 4.79 Å². The summed E-state index contributed by atoms with van der Waals surface area (Å²) in [5.74, 6) is -0.529. The number of thiophene rings is 1. The second-order valence-electron chi connectivity index (χ2n) is 6.58. The van der Waals surface area contributed by atoms with E-state index >= 15 is 0 Å². The number of carbonyl (C=O) groups is 2. The van der Waals surface area contributed by atoms with Gasteiger partial charge < -0.3 is 15.0 Å². The molecule has 0 spiro atoms. The van der Waals surface area contributed by atoms with Crippen LogP contribution in [0, 0.1) is 0 Å². The van der Waals surface area contributed by atoms with Crippen molar-refractivity contribution in [2.75, 3.05) is 31.4 Å². The Morgan fingerprint density at radius 2 is 1.92 bits per heavy atom. The number of fused-ring (bicyclic) bond motifs is 1. The summed E-state index contributed by atoms with van der Waals surface area (Å²) in [7, 11) is 5.32. The summed E-state index contributed by atoms with van der Waals surface area (Å²) >= 11 is 1.50. The molecule has 2 aromatic heterocycles. The van der Waals surface area contributed by atoms with Crippen molar-refractivity contribution < 1.29 is 18.9 Å². The van der Waals surface area contributed by atoms with Gasteiger partial charge in [-0.15, -0.1) is 11.3 Å². The number of esters is 1. The number of hydrogen-bond donors (Lipinski definition) is 1. The first-order chi connectivity index (χ1) is 12.5. The first-order valence-corrected chi connectivity index (χ1v) is 9.50. The summed E-state index contributed by atoms with van der Waals surface area (Å²) in [5, 5.41) is 3.53. The Morgan fingerprint density at radius 1 is 1.23 bits per heavy atom. The second-order valence-corrected chi connectivity index (χ2v) is 7.68. The summed E-state index contributed by atoms with van der Waals surface area (Å²) in [6, 6.07) is 3.91. The van der Waals surface area contributed by atoms with Crippen molar-refractivity contribution in [1.29, 1.82) is 0 Å². The predicted octanol–water partition coefficient (Wildman–Crippen LogP) is 2.41. The lowest BCUT2D eigenvalue weighted by atomic mass is 9.95. The largest absolute Gasteiger partial charge is 0.465 e. The van der Waals surface area contributed by atoms with Crippen molar-refractivity contribution in [2.45, 2.75) is 32.2 Å². The number of nitrogens with zero attached hydrogens (tertiary/aromatic N) is 2. The molecular weight excluding hydrogens is 350 g/mol. The Morgan fingerprint density at radius 3 is 2.58 bits per heavy atom. The Balaban J connectivity index is 1.76. The number of nitrogens with one attached hydrogen (secondary N) is 1. The number of amides is 1. The van der Waals surface area contributed by atoms with Crippen LogP contribution in [0.15, 0.2) is 24.5 Å². The first kappa shape index (κ1) is 18.4. The van der Waals surface area contributed by atoms with Gasteiger partial charge in [-0.3, -0.25) is 4.79 Å². The molecular formula is C19H24N3O3S+. The monoisotopic (exact) mass is 374 g/mol. The molecule has 1 aliphatic carbocycles. The molecule has 1 aliphatic rings. The molecule has 7 heteroatoms. The topological polar surface area (TPSA) is 62.5 Å². The van der Waals surface area contributed by atoms with Gasteiger partial charge in [0.25, 0.3) is 5.91 Å². The third kappa shape index (κ3) is 3.88. The van der Waals surface area contributed by atoms with Gasteiger partial charge in [-0.1, -0.05) is 0 Å². The molecule has 1 N–H and O–H groups in total. The number of aryl methyl sites for hydroxylation is 1. The molecule has 0 aliphatic heterocycles. The van der Waals surface area contributed by atoms with Crippen molar-refractivity contribution in [3.8, 4) is 0 Å². The highest BCUT2D eigenvalue weighted by atomic mass is 32.1. The van der Waals surface area contributed by atoms with Crippen LogP contribution in [0.1, 0.15) is 33.6 Å². The van der Waals surface area contributed by atoms with Crippen LogP contribution in [0.2, 0.25) is 0 Å². The Hall–Kier alpha value is -2.41. The molecule has 26 heavy (non-hydrogen) atoms. The van der Waals surface area contributed by atoms with E-state index in [9.17, 15) is 9.59 Å². The molecule has 0 bridgehead atoms. The maximum Gasteiger partial charge on any atom is 0.341 e. The fourth-order valence-electron chi connectivity index (χ4n) is 3.16. The molecule has 2 heterocycles. The van der Waals surface area contributed by atoms with Gasteiger partial charge in [0.1, 0.15) is 5.00 Å². The molecule has 138 valence electrons. The number of methoxy groups -OCH3 is 1. The van der Waals surface area contributed by atoms with Crippen LogP contribution in [-0.4, -0.2) is 33.1 Å². The van der Waals surface area contributed by atoms with Gasteiger partial charge in [0.2, 0.25) is 6.54 Å². The van der Waals surface area contributed by atoms with E-state index < -0.39 is 0 Å².